The summed E-state index contributed by atoms with van der Waals surface area (Å²) >= 11 is 5.38. The van der Waals surface area contributed by atoms with Crippen molar-refractivity contribution in [2.75, 3.05) is 20.2 Å². The average molecular weight is 358 g/mol. The van der Waals surface area contributed by atoms with E-state index in [1.165, 1.54) is 36.6 Å². The zero-order chi connectivity index (χ0) is 17.5. The van der Waals surface area contributed by atoms with Crippen LogP contribution in [-0.4, -0.2) is 30.3 Å². The lowest BCUT2D eigenvalue weighted by atomic mass is 9.97. The number of allylic oxidation sites excluding steroid dienone is 1. The van der Waals surface area contributed by atoms with Gasteiger partial charge in [0.1, 0.15) is 5.75 Å². The van der Waals surface area contributed by atoms with Crippen LogP contribution in [0.25, 0.3) is 10.9 Å². The van der Waals surface area contributed by atoms with Gasteiger partial charge in [-0.15, -0.1) is 0 Å². The van der Waals surface area contributed by atoms with Gasteiger partial charge < -0.3 is 20.4 Å². The maximum absolute atomic E-state index is 5.38. The van der Waals surface area contributed by atoms with E-state index in [1.807, 2.05) is 6.07 Å². The number of H-pyrrole nitrogens is 1. The van der Waals surface area contributed by atoms with E-state index in [1.54, 1.807) is 12.7 Å². The van der Waals surface area contributed by atoms with Gasteiger partial charge in [-0.25, -0.2) is 0 Å². The second kappa shape index (κ2) is 8.90. The summed E-state index contributed by atoms with van der Waals surface area (Å²) in [5, 5.41) is 8.58. The van der Waals surface area contributed by atoms with Crippen molar-refractivity contribution in [1.29, 1.82) is 0 Å². The van der Waals surface area contributed by atoms with Crippen LogP contribution < -0.4 is 15.4 Å². The van der Waals surface area contributed by atoms with E-state index in [4.69, 9.17) is 17.0 Å². The van der Waals surface area contributed by atoms with Crippen LogP contribution in [0.1, 0.15) is 37.7 Å². The summed E-state index contributed by atoms with van der Waals surface area (Å²) in [5.41, 5.74) is 3.99. The number of aromatic nitrogens is 1. The molecule has 4 nitrogen and oxygen atoms in total. The molecule has 1 heterocycles. The lowest BCUT2D eigenvalue weighted by Crippen LogP contribution is -2.36. The van der Waals surface area contributed by atoms with Gasteiger partial charge in [0.25, 0.3) is 0 Å². The maximum atomic E-state index is 5.38. The average Bonchev–Trinajstić information content (AvgIpc) is 3.05. The van der Waals surface area contributed by atoms with Crippen LogP contribution >= 0.6 is 12.2 Å². The number of aromatic amines is 1. The molecule has 0 saturated heterocycles. The fourth-order valence-electron chi connectivity index (χ4n) is 3.33. The number of thiocarbonyl (C=S) groups is 1. The van der Waals surface area contributed by atoms with Crippen LogP contribution in [-0.2, 0) is 6.42 Å². The summed E-state index contributed by atoms with van der Waals surface area (Å²) in [7, 11) is 1.70. The van der Waals surface area contributed by atoms with Crippen molar-refractivity contribution in [1.82, 2.24) is 15.6 Å². The Balaban J connectivity index is 1.41. The van der Waals surface area contributed by atoms with Crippen LogP contribution in [0.5, 0.6) is 5.75 Å². The molecule has 3 rings (SSSR count). The molecule has 0 radical (unpaired) electrons. The van der Waals surface area contributed by atoms with Gasteiger partial charge in [-0.2, -0.15) is 0 Å². The first kappa shape index (κ1) is 17.8. The van der Waals surface area contributed by atoms with Gasteiger partial charge in [-0.05, 0) is 74.5 Å². The molecule has 5 heteroatoms. The van der Waals surface area contributed by atoms with E-state index in [9.17, 15) is 0 Å². The van der Waals surface area contributed by atoms with E-state index in [2.05, 4.69) is 40.0 Å². The predicted octanol–water partition coefficient (Wildman–Crippen LogP) is 4.07. The van der Waals surface area contributed by atoms with Crippen molar-refractivity contribution in [3.63, 3.8) is 0 Å². The number of fused-ring (bicyclic) bond motifs is 1. The van der Waals surface area contributed by atoms with E-state index in [0.717, 1.165) is 42.3 Å². The number of benzene rings is 1. The van der Waals surface area contributed by atoms with Crippen molar-refractivity contribution in [3.8, 4) is 5.75 Å². The molecule has 0 unspecified atom stereocenters. The monoisotopic (exact) mass is 357 g/mol. The van der Waals surface area contributed by atoms with Crippen molar-refractivity contribution in [2.45, 2.75) is 38.5 Å². The largest absolute Gasteiger partial charge is 0.497 e. The van der Waals surface area contributed by atoms with E-state index >= 15 is 0 Å². The number of nitrogens with one attached hydrogen (secondary N) is 3. The van der Waals surface area contributed by atoms with Crippen molar-refractivity contribution in [3.05, 3.63) is 41.6 Å². The standard InChI is InChI=1S/C20H27N3OS/c1-24-17-7-8-19-18(13-17)16(14-23-19)10-12-22-20(25)21-11-9-15-5-3-2-4-6-15/h5,7-8,13-14,23H,2-4,6,9-12H2,1H3,(H2,21,22,25). The highest BCUT2D eigenvalue weighted by atomic mass is 32.1. The fourth-order valence-corrected chi connectivity index (χ4v) is 3.54. The molecule has 0 amide bonds. The van der Waals surface area contributed by atoms with E-state index < -0.39 is 0 Å². The molecule has 0 atom stereocenters. The summed E-state index contributed by atoms with van der Waals surface area (Å²) in [4.78, 5) is 3.31. The number of ether oxygens (including phenoxy) is 1. The molecule has 25 heavy (non-hydrogen) atoms. The molecule has 3 N–H and O–H groups in total. The SMILES string of the molecule is COc1ccc2[nH]cc(CCNC(=S)NCCC3=CCCCC3)c2c1. The van der Waals surface area contributed by atoms with Crippen LogP contribution in [0.4, 0.5) is 0 Å². The Bertz CT molecular complexity index is 750. The Hall–Kier alpha value is -2.01. The molecule has 1 aliphatic carbocycles. The molecule has 0 spiro atoms. The highest BCUT2D eigenvalue weighted by Gasteiger charge is 2.06. The molecule has 1 aromatic carbocycles. The second-order valence-corrected chi connectivity index (χ2v) is 6.92. The predicted molar refractivity (Wildman–Crippen MR) is 108 cm³/mol. The van der Waals surface area contributed by atoms with Gasteiger partial charge in [-0.3, -0.25) is 0 Å². The van der Waals surface area contributed by atoms with Gasteiger partial charge in [0.15, 0.2) is 5.11 Å². The molecular weight excluding hydrogens is 330 g/mol. The van der Waals surface area contributed by atoms with E-state index in [-0.39, 0.29) is 0 Å². The van der Waals surface area contributed by atoms with Crippen LogP contribution in [0.15, 0.2) is 36.0 Å². The Morgan fingerprint density at radius 1 is 1.20 bits per heavy atom. The zero-order valence-electron chi connectivity index (χ0n) is 14.9. The van der Waals surface area contributed by atoms with Crippen LogP contribution in [0.2, 0.25) is 0 Å². The quantitative estimate of drug-likeness (QED) is 0.516. The molecule has 1 aromatic heterocycles. The lowest BCUT2D eigenvalue weighted by Gasteiger charge is -2.14. The summed E-state index contributed by atoms with van der Waals surface area (Å²) in [6, 6.07) is 6.11. The summed E-state index contributed by atoms with van der Waals surface area (Å²) in [5.74, 6) is 0.885. The summed E-state index contributed by atoms with van der Waals surface area (Å²) in [6.07, 6.45) is 11.7. The first-order valence-electron chi connectivity index (χ1n) is 9.10. The number of methoxy groups -OCH3 is 1. The minimum atomic E-state index is 0.744. The third-order valence-electron chi connectivity index (χ3n) is 4.77. The Labute approximate surface area is 155 Å². The minimum Gasteiger partial charge on any atom is -0.497 e. The number of hydrogen-bond acceptors (Lipinski definition) is 2. The van der Waals surface area contributed by atoms with Gasteiger partial charge in [-0.1, -0.05) is 11.6 Å². The Morgan fingerprint density at radius 3 is 2.80 bits per heavy atom. The number of hydrogen-bond donors (Lipinski definition) is 3. The molecule has 0 saturated carbocycles. The summed E-state index contributed by atoms with van der Waals surface area (Å²) < 4.78 is 5.32. The highest BCUT2D eigenvalue weighted by Crippen LogP contribution is 2.23. The molecule has 0 fully saturated rings. The normalized spacial score (nSPS) is 14.2. The topological polar surface area (TPSA) is 49.1 Å². The Morgan fingerprint density at radius 2 is 2.04 bits per heavy atom. The van der Waals surface area contributed by atoms with Gasteiger partial charge in [0.2, 0.25) is 0 Å². The third kappa shape index (κ3) is 4.98. The first-order chi connectivity index (χ1) is 12.3. The smallest absolute Gasteiger partial charge is 0.166 e. The van der Waals surface area contributed by atoms with Crippen LogP contribution in [0, 0.1) is 0 Å². The van der Waals surface area contributed by atoms with E-state index in [0.29, 0.717) is 0 Å². The summed E-state index contributed by atoms with van der Waals surface area (Å²) in [6.45, 7) is 1.74. The van der Waals surface area contributed by atoms with Crippen molar-refractivity contribution >= 4 is 28.2 Å². The molecule has 2 aromatic rings. The molecular formula is C20H27N3OS. The fraction of sp³-hybridized carbons (Fsp3) is 0.450. The molecule has 134 valence electrons. The third-order valence-corrected chi connectivity index (χ3v) is 5.06. The molecule has 0 bridgehead atoms. The maximum Gasteiger partial charge on any atom is 0.166 e. The van der Waals surface area contributed by atoms with Crippen LogP contribution in [0.3, 0.4) is 0 Å². The first-order valence-corrected chi connectivity index (χ1v) is 9.50. The van der Waals surface area contributed by atoms with Gasteiger partial charge >= 0.3 is 0 Å². The van der Waals surface area contributed by atoms with Gasteiger partial charge in [0, 0.05) is 30.2 Å². The number of rotatable bonds is 7. The highest BCUT2D eigenvalue weighted by molar-refractivity contribution is 7.80. The van der Waals surface area contributed by atoms with Crippen molar-refractivity contribution in [2.24, 2.45) is 0 Å². The molecule has 1 aliphatic rings. The second-order valence-electron chi connectivity index (χ2n) is 6.52. The Kier molecular flexibility index (Phi) is 6.34. The van der Waals surface area contributed by atoms with Gasteiger partial charge in [0.05, 0.1) is 7.11 Å². The molecule has 0 aliphatic heterocycles. The van der Waals surface area contributed by atoms with Crippen molar-refractivity contribution < 1.29 is 4.74 Å². The lowest BCUT2D eigenvalue weighted by molar-refractivity contribution is 0.415. The minimum absolute atomic E-state index is 0.744. The zero-order valence-corrected chi connectivity index (χ0v) is 15.7.